The summed E-state index contributed by atoms with van der Waals surface area (Å²) in [5.74, 6) is 2.76. The molecule has 2 fully saturated rings. The van der Waals surface area contributed by atoms with Gasteiger partial charge in [-0.3, -0.25) is 4.98 Å². The molecule has 5 rings (SSSR count). The lowest BCUT2D eigenvalue weighted by Gasteiger charge is -2.35. The molecule has 1 aliphatic carbocycles. The molecule has 0 spiro atoms. The Labute approximate surface area is 182 Å². The van der Waals surface area contributed by atoms with Crippen molar-refractivity contribution >= 4 is 5.82 Å². The molecule has 0 amide bonds. The van der Waals surface area contributed by atoms with Gasteiger partial charge in [0.05, 0.1) is 18.1 Å². The van der Waals surface area contributed by atoms with Gasteiger partial charge in [0.2, 0.25) is 0 Å². The van der Waals surface area contributed by atoms with Crippen molar-refractivity contribution in [2.75, 3.05) is 18.0 Å². The summed E-state index contributed by atoms with van der Waals surface area (Å²) in [5, 5.41) is 10.8. The molecule has 2 aliphatic rings. The number of hydrogen-bond donors (Lipinski definition) is 1. The van der Waals surface area contributed by atoms with E-state index in [0.717, 1.165) is 61.0 Å². The van der Waals surface area contributed by atoms with Gasteiger partial charge in [-0.05, 0) is 62.3 Å². The van der Waals surface area contributed by atoms with Gasteiger partial charge in [0.15, 0.2) is 0 Å². The van der Waals surface area contributed by atoms with E-state index in [1.807, 2.05) is 49.3 Å². The number of ether oxygens (including phenoxy) is 1. The lowest BCUT2D eigenvalue weighted by Crippen LogP contribution is -2.42. The van der Waals surface area contributed by atoms with Crippen LogP contribution < -0.4 is 9.64 Å². The standard InChI is InChI=1S/C24H29N5O2/c1-16-3-5-22(17(2)27-16)31-23-10-20-14-29(13-19(20)9-21(23)30)24-6-4-18(11-26-24)12-28-8-7-25-15-28/h3-8,11,15,19-21,23,30H,9-10,12-14H2,1-2H3/t19-,20+,21+,23+/m0/s1. The minimum absolute atomic E-state index is 0.185. The summed E-state index contributed by atoms with van der Waals surface area (Å²) < 4.78 is 8.25. The number of fused-ring (bicyclic) bond motifs is 1. The molecule has 31 heavy (non-hydrogen) atoms. The Bertz CT molecular complexity index is 1020. The molecule has 7 nitrogen and oxygen atoms in total. The van der Waals surface area contributed by atoms with E-state index in [1.54, 1.807) is 6.20 Å². The van der Waals surface area contributed by atoms with Crippen molar-refractivity contribution in [2.45, 2.75) is 45.4 Å². The summed E-state index contributed by atoms with van der Waals surface area (Å²) in [6, 6.07) is 8.17. The fourth-order valence-electron chi connectivity index (χ4n) is 4.95. The molecule has 162 valence electrons. The molecule has 0 radical (unpaired) electrons. The SMILES string of the molecule is Cc1ccc(O[C@@H]2C[C@@H]3CN(c4ccc(Cn5ccnc5)cn4)C[C@@H]3C[C@H]2O)c(C)n1. The smallest absolute Gasteiger partial charge is 0.141 e. The van der Waals surface area contributed by atoms with E-state index in [0.29, 0.717) is 11.8 Å². The highest BCUT2D eigenvalue weighted by molar-refractivity contribution is 5.41. The van der Waals surface area contributed by atoms with Crippen molar-refractivity contribution in [2.24, 2.45) is 11.8 Å². The third kappa shape index (κ3) is 4.28. The van der Waals surface area contributed by atoms with Crippen LogP contribution in [-0.2, 0) is 6.54 Å². The quantitative estimate of drug-likeness (QED) is 0.685. The van der Waals surface area contributed by atoms with Crippen molar-refractivity contribution < 1.29 is 9.84 Å². The highest BCUT2D eigenvalue weighted by Gasteiger charge is 2.43. The van der Waals surface area contributed by atoms with Gasteiger partial charge in [-0.25, -0.2) is 9.97 Å². The Hall–Kier alpha value is -2.93. The maximum atomic E-state index is 10.8. The van der Waals surface area contributed by atoms with Crippen molar-refractivity contribution in [3.63, 3.8) is 0 Å². The van der Waals surface area contributed by atoms with Crippen molar-refractivity contribution in [1.82, 2.24) is 19.5 Å². The fourth-order valence-corrected chi connectivity index (χ4v) is 4.95. The molecule has 1 saturated carbocycles. The lowest BCUT2D eigenvalue weighted by molar-refractivity contribution is -0.0236. The summed E-state index contributed by atoms with van der Waals surface area (Å²) in [6.07, 6.45) is 8.49. The van der Waals surface area contributed by atoms with Crippen LogP contribution in [0.4, 0.5) is 5.82 Å². The first kappa shape index (κ1) is 20.0. The molecule has 1 saturated heterocycles. The second kappa shape index (κ2) is 8.30. The van der Waals surface area contributed by atoms with Gasteiger partial charge in [0, 0.05) is 43.9 Å². The van der Waals surface area contributed by atoms with Gasteiger partial charge in [-0.1, -0.05) is 6.07 Å². The van der Waals surface area contributed by atoms with E-state index in [4.69, 9.17) is 9.72 Å². The molecule has 4 heterocycles. The maximum Gasteiger partial charge on any atom is 0.141 e. The van der Waals surface area contributed by atoms with Crippen molar-refractivity contribution in [1.29, 1.82) is 0 Å². The highest BCUT2D eigenvalue weighted by atomic mass is 16.5. The molecular weight excluding hydrogens is 390 g/mol. The molecule has 0 unspecified atom stereocenters. The summed E-state index contributed by atoms with van der Waals surface area (Å²) >= 11 is 0. The minimum atomic E-state index is -0.451. The van der Waals surface area contributed by atoms with Gasteiger partial charge >= 0.3 is 0 Å². The normalized spacial score (nSPS) is 25.5. The monoisotopic (exact) mass is 419 g/mol. The summed E-state index contributed by atoms with van der Waals surface area (Å²) in [5.41, 5.74) is 3.01. The number of nitrogens with zero attached hydrogens (tertiary/aromatic N) is 5. The minimum Gasteiger partial charge on any atom is -0.486 e. The zero-order valence-corrected chi connectivity index (χ0v) is 18.1. The molecule has 3 aromatic rings. The predicted molar refractivity (Wildman–Crippen MR) is 118 cm³/mol. The first-order chi connectivity index (χ1) is 15.0. The number of pyridine rings is 2. The average Bonchev–Trinajstić information content (AvgIpc) is 3.40. The number of hydrogen-bond acceptors (Lipinski definition) is 6. The first-order valence-electron chi connectivity index (χ1n) is 11.0. The Balaban J connectivity index is 1.23. The molecule has 4 atom stereocenters. The molecule has 7 heteroatoms. The van der Waals surface area contributed by atoms with Gasteiger partial charge in [0.1, 0.15) is 17.7 Å². The predicted octanol–water partition coefficient (Wildman–Crippen LogP) is 2.99. The Morgan fingerprint density at radius 3 is 2.65 bits per heavy atom. The average molecular weight is 420 g/mol. The summed E-state index contributed by atoms with van der Waals surface area (Å²) in [4.78, 5) is 15.6. The Morgan fingerprint density at radius 1 is 1.10 bits per heavy atom. The molecule has 0 bridgehead atoms. The van der Waals surface area contributed by atoms with Crippen LogP contribution in [-0.4, -0.2) is 49.9 Å². The maximum absolute atomic E-state index is 10.8. The first-order valence-corrected chi connectivity index (χ1v) is 11.0. The topological polar surface area (TPSA) is 76.3 Å². The molecule has 0 aromatic carbocycles. The second-order valence-electron chi connectivity index (χ2n) is 8.92. The van der Waals surface area contributed by atoms with E-state index in [9.17, 15) is 5.11 Å². The highest BCUT2D eigenvalue weighted by Crippen LogP contribution is 2.39. The summed E-state index contributed by atoms with van der Waals surface area (Å²) in [7, 11) is 0. The van der Waals surface area contributed by atoms with E-state index in [-0.39, 0.29) is 6.10 Å². The van der Waals surface area contributed by atoms with Gasteiger partial charge in [0.25, 0.3) is 0 Å². The molecule has 1 N–H and O–H groups in total. The van der Waals surface area contributed by atoms with E-state index in [1.165, 1.54) is 0 Å². The Morgan fingerprint density at radius 2 is 1.94 bits per heavy atom. The number of imidazole rings is 1. The zero-order valence-electron chi connectivity index (χ0n) is 18.1. The number of aryl methyl sites for hydroxylation is 2. The molecular formula is C24H29N5O2. The third-order valence-electron chi connectivity index (χ3n) is 6.60. The van der Waals surface area contributed by atoms with Crippen molar-refractivity contribution in [3.05, 3.63) is 66.1 Å². The van der Waals surface area contributed by atoms with Crippen LogP contribution in [0.5, 0.6) is 5.75 Å². The largest absolute Gasteiger partial charge is 0.486 e. The van der Waals surface area contributed by atoms with Gasteiger partial charge in [-0.2, -0.15) is 0 Å². The molecule has 3 aromatic heterocycles. The van der Waals surface area contributed by atoms with Gasteiger partial charge in [-0.15, -0.1) is 0 Å². The fraction of sp³-hybridized carbons (Fsp3) is 0.458. The van der Waals surface area contributed by atoms with Crippen LogP contribution >= 0.6 is 0 Å². The van der Waals surface area contributed by atoms with Crippen LogP contribution in [0.15, 0.2) is 49.2 Å². The lowest BCUT2D eigenvalue weighted by atomic mass is 9.78. The number of aromatic nitrogens is 4. The second-order valence-corrected chi connectivity index (χ2v) is 8.92. The Kier molecular flexibility index (Phi) is 5.36. The number of aliphatic hydroxyl groups excluding tert-OH is 1. The van der Waals surface area contributed by atoms with Crippen LogP contribution in [0.25, 0.3) is 0 Å². The summed E-state index contributed by atoms with van der Waals surface area (Å²) in [6.45, 7) is 6.60. The van der Waals surface area contributed by atoms with Gasteiger partial charge < -0.3 is 19.3 Å². The number of anilines is 1. The van der Waals surface area contributed by atoms with Crippen molar-refractivity contribution in [3.8, 4) is 5.75 Å². The van der Waals surface area contributed by atoms with E-state index >= 15 is 0 Å². The van der Waals surface area contributed by atoms with Crippen LogP contribution in [0.1, 0.15) is 29.8 Å². The third-order valence-corrected chi connectivity index (χ3v) is 6.60. The van der Waals surface area contributed by atoms with E-state index in [2.05, 4.69) is 27.0 Å². The van der Waals surface area contributed by atoms with Crippen LogP contribution in [0.2, 0.25) is 0 Å². The molecule has 1 aliphatic heterocycles. The zero-order chi connectivity index (χ0) is 21.4. The van der Waals surface area contributed by atoms with Crippen LogP contribution in [0, 0.1) is 25.7 Å². The van der Waals surface area contributed by atoms with E-state index < -0.39 is 6.10 Å². The number of rotatable bonds is 5. The van der Waals surface area contributed by atoms with Crippen LogP contribution in [0.3, 0.4) is 0 Å². The number of aliphatic hydroxyl groups is 1.